The second-order valence-corrected chi connectivity index (χ2v) is 6.32. The third-order valence-corrected chi connectivity index (χ3v) is 4.27. The van der Waals surface area contributed by atoms with Crippen molar-refractivity contribution in [2.75, 3.05) is 7.05 Å². The third kappa shape index (κ3) is 4.41. The lowest BCUT2D eigenvalue weighted by atomic mass is 10.1. The highest BCUT2D eigenvalue weighted by Crippen LogP contribution is 2.19. The predicted octanol–water partition coefficient (Wildman–Crippen LogP) is 1.52. The fourth-order valence-electron chi connectivity index (χ4n) is 2.67. The Bertz CT molecular complexity index is 941. The average Bonchev–Trinajstić information content (AvgIpc) is 3.31. The minimum atomic E-state index is -0.145. The Kier molecular flexibility index (Phi) is 5.35. The SMILES string of the molecule is CNC(=O)Cn1cc(-c2ccc(C(=O)NC(C)c3cnn(C)c3)cc2)cn1. The lowest BCUT2D eigenvalue weighted by molar-refractivity contribution is -0.121. The van der Waals surface area contributed by atoms with Gasteiger partial charge in [0.1, 0.15) is 6.54 Å². The highest BCUT2D eigenvalue weighted by Gasteiger charge is 2.13. The molecule has 1 unspecified atom stereocenters. The maximum Gasteiger partial charge on any atom is 0.251 e. The Morgan fingerprint density at radius 3 is 2.44 bits per heavy atom. The molecule has 3 aromatic rings. The van der Waals surface area contributed by atoms with E-state index in [-0.39, 0.29) is 24.4 Å². The quantitative estimate of drug-likeness (QED) is 0.692. The zero-order chi connectivity index (χ0) is 19.4. The van der Waals surface area contributed by atoms with E-state index in [0.717, 1.165) is 16.7 Å². The van der Waals surface area contributed by atoms with Gasteiger partial charge < -0.3 is 10.6 Å². The van der Waals surface area contributed by atoms with E-state index in [0.29, 0.717) is 5.56 Å². The molecule has 8 nitrogen and oxygen atoms in total. The standard InChI is InChI=1S/C19H22N6O2/c1-13(16-8-21-24(3)10-16)23-19(27)15-6-4-14(5-7-15)17-9-22-25(11-17)12-18(26)20-2/h4-11,13H,12H2,1-3H3,(H,20,26)(H,23,27). The van der Waals surface area contributed by atoms with Gasteiger partial charge in [-0.2, -0.15) is 10.2 Å². The van der Waals surface area contributed by atoms with E-state index in [1.165, 1.54) is 0 Å². The van der Waals surface area contributed by atoms with E-state index in [2.05, 4.69) is 20.8 Å². The van der Waals surface area contributed by atoms with Gasteiger partial charge in [-0.3, -0.25) is 19.0 Å². The number of aromatic nitrogens is 4. The zero-order valence-corrected chi connectivity index (χ0v) is 15.5. The molecule has 0 spiro atoms. The number of likely N-dealkylation sites (N-methyl/N-ethyl adjacent to an activating group) is 1. The molecule has 140 valence electrons. The molecule has 0 bridgehead atoms. The number of hydrogen-bond acceptors (Lipinski definition) is 4. The first kappa shape index (κ1) is 18.4. The van der Waals surface area contributed by atoms with Crippen molar-refractivity contribution >= 4 is 11.8 Å². The molecule has 27 heavy (non-hydrogen) atoms. The van der Waals surface area contributed by atoms with Crippen LogP contribution in [0.15, 0.2) is 49.1 Å². The summed E-state index contributed by atoms with van der Waals surface area (Å²) in [5, 5.41) is 13.8. The number of amides is 2. The van der Waals surface area contributed by atoms with E-state index < -0.39 is 0 Å². The molecular formula is C19H22N6O2. The maximum atomic E-state index is 12.4. The van der Waals surface area contributed by atoms with Crippen LogP contribution in [0.2, 0.25) is 0 Å². The highest BCUT2D eigenvalue weighted by molar-refractivity contribution is 5.94. The van der Waals surface area contributed by atoms with Gasteiger partial charge in [0.25, 0.3) is 5.91 Å². The minimum Gasteiger partial charge on any atom is -0.358 e. The van der Waals surface area contributed by atoms with E-state index in [9.17, 15) is 9.59 Å². The minimum absolute atomic E-state index is 0.112. The summed E-state index contributed by atoms with van der Waals surface area (Å²) < 4.78 is 3.28. The normalized spacial score (nSPS) is 11.8. The van der Waals surface area contributed by atoms with Gasteiger partial charge in [-0.25, -0.2) is 0 Å². The van der Waals surface area contributed by atoms with Crippen LogP contribution in [0.25, 0.3) is 11.1 Å². The molecule has 0 saturated heterocycles. The van der Waals surface area contributed by atoms with Crippen molar-refractivity contribution < 1.29 is 9.59 Å². The summed E-state index contributed by atoms with van der Waals surface area (Å²) in [6.07, 6.45) is 7.12. The summed E-state index contributed by atoms with van der Waals surface area (Å²) in [6.45, 7) is 2.09. The van der Waals surface area contributed by atoms with E-state index >= 15 is 0 Å². The molecule has 2 heterocycles. The molecule has 0 aliphatic carbocycles. The first-order valence-corrected chi connectivity index (χ1v) is 8.59. The Morgan fingerprint density at radius 1 is 1.07 bits per heavy atom. The lowest BCUT2D eigenvalue weighted by Crippen LogP contribution is -2.26. The highest BCUT2D eigenvalue weighted by atomic mass is 16.2. The zero-order valence-electron chi connectivity index (χ0n) is 15.5. The van der Waals surface area contributed by atoms with Crippen LogP contribution in [-0.4, -0.2) is 38.4 Å². The molecule has 1 aromatic carbocycles. The van der Waals surface area contributed by atoms with Crippen LogP contribution >= 0.6 is 0 Å². The lowest BCUT2D eigenvalue weighted by Gasteiger charge is -2.12. The van der Waals surface area contributed by atoms with Gasteiger partial charge >= 0.3 is 0 Å². The molecule has 8 heteroatoms. The number of nitrogens with zero attached hydrogens (tertiary/aromatic N) is 4. The summed E-state index contributed by atoms with van der Waals surface area (Å²) in [6, 6.07) is 7.15. The molecule has 2 aromatic heterocycles. The molecule has 3 rings (SSSR count). The first-order chi connectivity index (χ1) is 13.0. The summed E-state index contributed by atoms with van der Waals surface area (Å²) in [4.78, 5) is 23.9. The molecule has 0 aliphatic rings. The van der Waals surface area contributed by atoms with E-state index in [4.69, 9.17) is 0 Å². The molecule has 0 radical (unpaired) electrons. The fourth-order valence-corrected chi connectivity index (χ4v) is 2.67. The van der Waals surface area contributed by atoms with E-state index in [1.54, 1.807) is 47.1 Å². The monoisotopic (exact) mass is 366 g/mol. The maximum absolute atomic E-state index is 12.4. The molecular weight excluding hydrogens is 344 g/mol. The number of rotatable bonds is 6. The number of carbonyl (C=O) groups is 2. The molecule has 2 amide bonds. The summed E-state index contributed by atoms with van der Waals surface area (Å²) in [5.41, 5.74) is 3.34. The van der Waals surface area contributed by atoms with Crippen LogP contribution in [0.3, 0.4) is 0 Å². The van der Waals surface area contributed by atoms with Crippen molar-refractivity contribution in [1.29, 1.82) is 0 Å². The number of nitrogens with one attached hydrogen (secondary N) is 2. The van der Waals surface area contributed by atoms with Crippen LogP contribution in [0.4, 0.5) is 0 Å². The Balaban J connectivity index is 1.66. The summed E-state index contributed by atoms with van der Waals surface area (Å²) >= 11 is 0. The molecule has 1 atom stereocenters. The van der Waals surface area contributed by atoms with Crippen molar-refractivity contribution in [3.63, 3.8) is 0 Å². The summed E-state index contributed by atoms with van der Waals surface area (Å²) in [7, 11) is 3.43. The van der Waals surface area contributed by atoms with Crippen molar-refractivity contribution in [3.8, 4) is 11.1 Å². The van der Waals surface area contributed by atoms with Gasteiger partial charge in [0, 0.05) is 43.2 Å². The first-order valence-electron chi connectivity index (χ1n) is 8.59. The molecule has 0 aliphatic heterocycles. The van der Waals surface area contributed by atoms with Crippen molar-refractivity contribution in [3.05, 3.63) is 60.2 Å². The smallest absolute Gasteiger partial charge is 0.251 e. The topological polar surface area (TPSA) is 93.8 Å². The van der Waals surface area contributed by atoms with Gasteiger partial charge in [-0.15, -0.1) is 0 Å². The molecule has 2 N–H and O–H groups in total. The van der Waals surface area contributed by atoms with Crippen LogP contribution in [0, 0.1) is 0 Å². The van der Waals surface area contributed by atoms with Crippen molar-refractivity contribution in [2.24, 2.45) is 7.05 Å². The Hall–Kier alpha value is -3.42. The second-order valence-electron chi connectivity index (χ2n) is 6.32. The fraction of sp³-hybridized carbons (Fsp3) is 0.263. The number of carbonyl (C=O) groups excluding carboxylic acids is 2. The van der Waals surface area contributed by atoms with E-state index in [1.807, 2.05) is 32.3 Å². The summed E-state index contributed by atoms with van der Waals surface area (Å²) in [5.74, 6) is -0.257. The number of hydrogen-bond donors (Lipinski definition) is 2. The largest absolute Gasteiger partial charge is 0.358 e. The van der Waals surface area contributed by atoms with Crippen LogP contribution in [0.5, 0.6) is 0 Å². The van der Waals surface area contributed by atoms with Crippen molar-refractivity contribution in [1.82, 2.24) is 30.2 Å². The second kappa shape index (κ2) is 7.86. The van der Waals surface area contributed by atoms with Crippen LogP contribution in [0.1, 0.15) is 28.9 Å². The Morgan fingerprint density at radius 2 is 1.81 bits per heavy atom. The van der Waals surface area contributed by atoms with Gasteiger partial charge in [0.05, 0.1) is 18.4 Å². The third-order valence-electron chi connectivity index (χ3n) is 4.27. The van der Waals surface area contributed by atoms with Gasteiger partial charge in [-0.1, -0.05) is 12.1 Å². The number of aryl methyl sites for hydroxylation is 1. The van der Waals surface area contributed by atoms with Gasteiger partial charge in [-0.05, 0) is 24.6 Å². The number of benzene rings is 1. The predicted molar refractivity (Wildman–Crippen MR) is 101 cm³/mol. The molecule has 0 saturated carbocycles. The van der Waals surface area contributed by atoms with Crippen molar-refractivity contribution in [2.45, 2.75) is 19.5 Å². The Labute approximate surface area is 157 Å². The van der Waals surface area contributed by atoms with Crippen LogP contribution in [-0.2, 0) is 18.4 Å². The van der Waals surface area contributed by atoms with Crippen LogP contribution < -0.4 is 10.6 Å². The van der Waals surface area contributed by atoms with Gasteiger partial charge in [0.15, 0.2) is 0 Å². The average molecular weight is 366 g/mol. The molecule has 0 fully saturated rings. The van der Waals surface area contributed by atoms with Gasteiger partial charge in [0.2, 0.25) is 5.91 Å².